The molecule has 3 unspecified atom stereocenters. The van der Waals surface area contributed by atoms with E-state index in [-0.39, 0.29) is 19.1 Å². The molecule has 0 saturated heterocycles. The predicted octanol–water partition coefficient (Wildman–Crippen LogP) is 19.3. The van der Waals surface area contributed by atoms with Crippen molar-refractivity contribution in [3.8, 4) is 0 Å². The Morgan fingerprint density at radius 2 is 0.767 bits per heavy atom. The summed E-state index contributed by atoms with van der Waals surface area (Å²) < 4.78 is 23.4. The summed E-state index contributed by atoms with van der Waals surface area (Å²) in [5.74, 6) is -0.199. The highest BCUT2D eigenvalue weighted by molar-refractivity contribution is 7.45. The number of amides is 1. The van der Waals surface area contributed by atoms with E-state index in [2.05, 4.69) is 31.3 Å². The maximum absolute atomic E-state index is 13.0. The molecule has 0 radical (unpaired) electrons. The Morgan fingerprint density at radius 1 is 0.466 bits per heavy atom. The zero-order valence-electron chi connectivity index (χ0n) is 49.6. The van der Waals surface area contributed by atoms with Gasteiger partial charge in [-0.3, -0.25) is 9.36 Å². The number of hydrogen-bond acceptors (Lipinski definition) is 6. The molecule has 0 saturated carbocycles. The largest absolute Gasteiger partial charge is 0.756 e. The summed E-state index contributed by atoms with van der Waals surface area (Å²) >= 11 is 0. The molecule has 8 nitrogen and oxygen atoms in total. The van der Waals surface area contributed by atoms with Crippen LogP contribution in [0.3, 0.4) is 0 Å². The minimum absolute atomic E-state index is 0.00353. The van der Waals surface area contributed by atoms with Crippen molar-refractivity contribution in [3.05, 3.63) is 24.3 Å². The van der Waals surface area contributed by atoms with Gasteiger partial charge in [-0.25, -0.2) is 0 Å². The van der Waals surface area contributed by atoms with Gasteiger partial charge in [0, 0.05) is 6.42 Å². The average molecular weight is 1050 g/mol. The van der Waals surface area contributed by atoms with Crippen LogP contribution in [-0.4, -0.2) is 68.5 Å². The van der Waals surface area contributed by atoms with Crippen LogP contribution in [0.15, 0.2) is 24.3 Å². The number of allylic oxidation sites excluding steroid dienone is 3. The molecule has 0 aromatic heterocycles. The van der Waals surface area contributed by atoms with Gasteiger partial charge in [-0.1, -0.05) is 314 Å². The Labute approximate surface area is 455 Å². The van der Waals surface area contributed by atoms with Crippen LogP contribution in [-0.2, 0) is 18.4 Å². The predicted molar refractivity (Wildman–Crippen MR) is 316 cm³/mol. The minimum Gasteiger partial charge on any atom is -0.756 e. The summed E-state index contributed by atoms with van der Waals surface area (Å²) in [4.78, 5) is 25.6. The van der Waals surface area contributed by atoms with Crippen molar-refractivity contribution >= 4 is 13.7 Å². The highest BCUT2D eigenvalue weighted by Gasteiger charge is 2.23. The number of rotatable bonds is 60. The number of carbonyl (C=O) groups excluding carboxylic acids is 1. The third kappa shape index (κ3) is 58.5. The number of carbonyl (C=O) groups is 1. The molecule has 0 heterocycles. The molecule has 73 heavy (non-hydrogen) atoms. The van der Waals surface area contributed by atoms with Crippen LogP contribution in [0.25, 0.3) is 0 Å². The van der Waals surface area contributed by atoms with Crippen LogP contribution in [0.4, 0.5) is 0 Å². The van der Waals surface area contributed by atoms with Gasteiger partial charge >= 0.3 is 0 Å². The van der Waals surface area contributed by atoms with Gasteiger partial charge in [0.05, 0.1) is 39.9 Å². The molecule has 0 aromatic carbocycles. The van der Waals surface area contributed by atoms with Crippen LogP contribution in [0, 0.1) is 0 Å². The van der Waals surface area contributed by atoms with E-state index in [1.54, 1.807) is 6.08 Å². The van der Waals surface area contributed by atoms with Gasteiger partial charge in [-0.15, -0.1) is 0 Å². The van der Waals surface area contributed by atoms with E-state index in [9.17, 15) is 19.4 Å². The molecule has 9 heteroatoms. The SMILES string of the molecule is CCCCCCCCCCCCCCCCCCCC/C=C/CC/C=C/C(O)C(COP(=O)([O-])OCC[N+](C)(C)C)NC(=O)CCCCCCCCCCCCCCCCCCCCCCCCCCCCC. The molecule has 0 aliphatic heterocycles. The van der Waals surface area contributed by atoms with Crippen molar-refractivity contribution in [2.24, 2.45) is 0 Å². The molecule has 3 atom stereocenters. The highest BCUT2D eigenvalue weighted by atomic mass is 31.2. The highest BCUT2D eigenvalue weighted by Crippen LogP contribution is 2.38. The summed E-state index contributed by atoms with van der Waals surface area (Å²) in [6.07, 6.45) is 71.4. The fourth-order valence-electron chi connectivity index (χ4n) is 9.88. The summed E-state index contributed by atoms with van der Waals surface area (Å²) in [6, 6.07) is -0.901. The number of hydrogen-bond donors (Lipinski definition) is 2. The Bertz CT molecular complexity index is 1240. The van der Waals surface area contributed by atoms with Gasteiger partial charge in [-0.2, -0.15) is 0 Å². The van der Waals surface area contributed by atoms with Gasteiger partial charge in [0.2, 0.25) is 5.91 Å². The first kappa shape index (κ1) is 72.0. The van der Waals surface area contributed by atoms with Gasteiger partial charge in [0.1, 0.15) is 13.2 Å². The molecule has 0 rings (SSSR count). The van der Waals surface area contributed by atoms with Crippen molar-refractivity contribution in [2.75, 3.05) is 40.9 Å². The topological polar surface area (TPSA) is 108 Å². The van der Waals surface area contributed by atoms with Gasteiger partial charge < -0.3 is 28.8 Å². The Kier molecular flexibility index (Phi) is 54.9. The smallest absolute Gasteiger partial charge is 0.268 e. The minimum atomic E-state index is -4.61. The lowest BCUT2D eigenvalue weighted by atomic mass is 10.0. The lowest BCUT2D eigenvalue weighted by Gasteiger charge is -2.29. The van der Waals surface area contributed by atoms with E-state index >= 15 is 0 Å². The summed E-state index contributed by atoms with van der Waals surface area (Å²) in [5, 5.41) is 13.9. The average Bonchev–Trinajstić information content (AvgIpc) is 3.35. The van der Waals surface area contributed by atoms with Gasteiger partial charge in [0.15, 0.2) is 0 Å². The lowest BCUT2D eigenvalue weighted by molar-refractivity contribution is -0.870. The second-order valence-corrected chi connectivity index (χ2v) is 24.9. The van der Waals surface area contributed by atoms with Crippen LogP contribution < -0.4 is 10.2 Å². The van der Waals surface area contributed by atoms with E-state index in [0.717, 1.165) is 38.5 Å². The molecule has 2 N–H and O–H groups in total. The van der Waals surface area contributed by atoms with Crippen molar-refractivity contribution in [1.29, 1.82) is 0 Å². The maximum atomic E-state index is 13.0. The Balaban J connectivity index is 4.13. The third-order valence-corrected chi connectivity index (χ3v) is 15.9. The van der Waals surface area contributed by atoms with Crippen LogP contribution in [0.1, 0.15) is 328 Å². The fraction of sp³-hybridized carbons (Fsp3) is 0.922. The first-order chi connectivity index (χ1) is 35.5. The number of quaternary nitrogens is 1. The number of aliphatic hydroxyl groups excluding tert-OH is 1. The molecular weight excluding hydrogens is 924 g/mol. The third-order valence-electron chi connectivity index (χ3n) is 14.9. The summed E-state index contributed by atoms with van der Waals surface area (Å²) in [6.45, 7) is 4.69. The van der Waals surface area contributed by atoms with Gasteiger partial charge in [0.25, 0.3) is 7.82 Å². The zero-order chi connectivity index (χ0) is 53.5. The molecular formula is C64H127N2O6P. The van der Waals surface area contributed by atoms with Crippen LogP contribution >= 0.6 is 7.82 Å². The standard InChI is InChI=1S/C64H127N2O6P/c1-6-8-10-12-14-16-18-20-22-24-26-28-30-32-33-34-36-38-40-42-44-46-48-50-52-54-56-58-64(68)65-62(61-72-73(69,70)71-60-59-66(3,4)5)63(67)57-55-53-51-49-47-45-43-41-39-37-35-31-29-27-25-23-21-19-17-15-13-11-9-7-2/h47,49,55,57,62-63,67H,6-46,48,50-54,56,58-61H2,1-5H3,(H-,65,68,69,70)/b49-47+,57-55+. The number of nitrogens with one attached hydrogen (secondary N) is 1. The van der Waals surface area contributed by atoms with E-state index in [1.165, 1.54) is 270 Å². The number of likely N-dealkylation sites (N-methyl/N-ethyl adjacent to an activating group) is 1. The molecule has 0 aliphatic carbocycles. The Hall–Kier alpha value is -1.02. The second kappa shape index (κ2) is 55.7. The van der Waals surface area contributed by atoms with E-state index in [0.29, 0.717) is 17.4 Å². The molecule has 1 amide bonds. The number of aliphatic hydroxyl groups is 1. The zero-order valence-corrected chi connectivity index (χ0v) is 50.5. The molecule has 0 aliphatic rings. The molecule has 0 spiro atoms. The van der Waals surface area contributed by atoms with E-state index < -0.39 is 20.0 Å². The van der Waals surface area contributed by atoms with Crippen molar-refractivity contribution in [3.63, 3.8) is 0 Å². The fourth-order valence-corrected chi connectivity index (χ4v) is 10.6. The van der Waals surface area contributed by atoms with Gasteiger partial charge in [-0.05, 0) is 32.1 Å². The van der Waals surface area contributed by atoms with Crippen molar-refractivity contribution in [2.45, 2.75) is 341 Å². The number of phosphoric acid groups is 1. The monoisotopic (exact) mass is 1050 g/mol. The molecule has 0 bridgehead atoms. The number of unbranched alkanes of at least 4 members (excludes halogenated alkanes) is 45. The number of phosphoric ester groups is 1. The molecule has 0 aromatic rings. The molecule has 434 valence electrons. The quantitative estimate of drug-likeness (QED) is 0.0272. The summed E-state index contributed by atoms with van der Waals surface area (Å²) in [5.41, 5.74) is 0. The lowest BCUT2D eigenvalue weighted by Crippen LogP contribution is -2.45. The first-order valence-corrected chi connectivity index (χ1v) is 33.7. The number of nitrogens with zero attached hydrogens (tertiary/aromatic N) is 1. The van der Waals surface area contributed by atoms with Crippen LogP contribution in [0.2, 0.25) is 0 Å². The van der Waals surface area contributed by atoms with Crippen LogP contribution in [0.5, 0.6) is 0 Å². The first-order valence-electron chi connectivity index (χ1n) is 32.2. The molecule has 0 fully saturated rings. The van der Waals surface area contributed by atoms with Crippen molar-refractivity contribution < 1.29 is 32.9 Å². The summed E-state index contributed by atoms with van der Waals surface area (Å²) in [7, 11) is 1.26. The maximum Gasteiger partial charge on any atom is 0.268 e. The Morgan fingerprint density at radius 3 is 1.11 bits per heavy atom. The van der Waals surface area contributed by atoms with Crippen molar-refractivity contribution in [1.82, 2.24) is 5.32 Å². The second-order valence-electron chi connectivity index (χ2n) is 23.5. The van der Waals surface area contributed by atoms with E-state index in [1.807, 2.05) is 27.2 Å². The van der Waals surface area contributed by atoms with E-state index in [4.69, 9.17) is 9.05 Å². The normalized spacial score (nSPS) is 13.9.